The van der Waals surface area contributed by atoms with Crippen molar-refractivity contribution in [1.29, 1.82) is 0 Å². The molecule has 18 heavy (non-hydrogen) atoms. The quantitative estimate of drug-likeness (QED) is 0.898. The third-order valence-electron chi connectivity index (χ3n) is 3.86. The van der Waals surface area contributed by atoms with Crippen LogP contribution in [0.5, 0.6) is 0 Å². The van der Waals surface area contributed by atoms with Crippen molar-refractivity contribution in [2.75, 3.05) is 13.1 Å². The van der Waals surface area contributed by atoms with Crippen LogP contribution in [-0.2, 0) is 11.8 Å². The number of rotatable bonds is 4. The second-order valence-corrected chi connectivity index (χ2v) is 6.72. The smallest absolute Gasteiger partial charge is 0.0205 e. The highest BCUT2D eigenvalue weighted by atomic mass is 79.9. The average Bonchev–Trinajstić information content (AvgIpc) is 2.83. The van der Waals surface area contributed by atoms with Gasteiger partial charge in [0.2, 0.25) is 0 Å². The van der Waals surface area contributed by atoms with Crippen LogP contribution in [-0.4, -0.2) is 13.1 Å². The van der Waals surface area contributed by atoms with Crippen LogP contribution in [0.15, 0.2) is 45.6 Å². The Labute approximate surface area is 120 Å². The maximum atomic E-state index is 3.51. The van der Waals surface area contributed by atoms with Crippen molar-refractivity contribution in [3.8, 4) is 0 Å². The summed E-state index contributed by atoms with van der Waals surface area (Å²) in [4.78, 5) is 0. The zero-order valence-electron chi connectivity index (χ0n) is 10.2. The van der Waals surface area contributed by atoms with Gasteiger partial charge in [-0.2, -0.15) is 11.3 Å². The highest BCUT2D eigenvalue weighted by Crippen LogP contribution is 2.34. The van der Waals surface area contributed by atoms with E-state index in [1.54, 1.807) is 11.3 Å². The minimum Gasteiger partial charge on any atom is -0.315 e. The van der Waals surface area contributed by atoms with E-state index < -0.39 is 0 Å². The second-order valence-electron chi connectivity index (χ2n) is 5.02. The number of nitrogens with one attached hydrogen (secondary N) is 1. The summed E-state index contributed by atoms with van der Waals surface area (Å²) in [5.74, 6) is 0. The van der Waals surface area contributed by atoms with Crippen LogP contribution in [0.25, 0.3) is 0 Å². The molecule has 0 aliphatic carbocycles. The number of benzene rings is 1. The first-order chi connectivity index (χ1) is 8.78. The lowest BCUT2D eigenvalue weighted by Gasteiger charge is -2.43. The number of hydrogen-bond donors (Lipinski definition) is 1. The molecule has 1 aromatic carbocycles. The molecule has 0 radical (unpaired) electrons. The van der Waals surface area contributed by atoms with Gasteiger partial charge in [-0.05, 0) is 52.9 Å². The number of aryl methyl sites for hydroxylation is 1. The summed E-state index contributed by atoms with van der Waals surface area (Å²) in [6.45, 7) is 2.22. The molecule has 0 spiro atoms. The van der Waals surface area contributed by atoms with Gasteiger partial charge in [-0.25, -0.2) is 0 Å². The van der Waals surface area contributed by atoms with E-state index in [9.17, 15) is 0 Å². The first-order valence-electron chi connectivity index (χ1n) is 6.26. The molecule has 0 atom stereocenters. The molecular formula is C15H16BrNS. The van der Waals surface area contributed by atoms with Gasteiger partial charge in [0.15, 0.2) is 0 Å². The summed E-state index contributed by atoms with van der Waals surface area (Å²) < 4.78 is 1.16. The lowest BCUT2D eigenvalue weighted by molar-refractivity contribution is 0.258. The average molecular weight is 322 g/mol. The molecule has 3 heteroatoms. The van der Waals surface area contributed by atoms with E-state index in [1.807, 2.05) is 0 Å². The maximum absolute atomic E-state index is 3.51. The normalized spacial score (nSPS) is 17.4. The van der Waals surface area contributed by atoms with Gasteiger partial charge >= 0.3 is 0 Å². The molecule has 0 unspecified atom stereocenters. The van der Waals surface area contributed by atoms with Gasteiger partial charge in [0.05, 0.1) is 0 Å². The zero-order valence-corrected chi connectivity index (χ0v) is 12.6. The molecule has 1 nitrogen and oxygen atoms in total. The Morgan fingerprint density at radius 3 is 2.50 bits per heavy atom. The molecule has 0 saturated carbocycles. The SMILES string of the molecule is Brc1ccc(C2(CCc3ccsc3)CNC2)cc1. The molecule has 1 aliphatic heterocycles. The molecule has 1 aromatic heterocycles. The zero-order chi connectivity index (χ0) is 12.4. The van der Waals surface area contributed by atoms with Gasteiger partial charge in [-0.1, -0.05) is 28.1 Å². The summed E-state index contributed by atoms with van der Waals surface area (Å²) in [6.07, 6.45) is 2.42. The van der Waals surface area contributed by atoms with Crippen LogP contribution < -0.4 is 5.32 Å². The Bertz CT molecular complexity index is 500. The van der Waals surface area contributed by atoms with Crippen molar-refractivity contribution in [1.82, 2.24) is 5.32 Å². The highest BCUT2D eigenvalue weighted by Gasteiger charge is 2.37. The molecule has 1 aliphatic rings. The molecular weight excluding hydrogens is 306 g/mol. The second kappa shape index (κ2) is 5.16. The van der Waals surface area contributed by atoms with Gasteiger partial charge in [-0.3, -0.25) is 0 Å². The number of thiophene rings is 1. The van der Waals surface area contributed by atoms with Crippen LogP contribution in [0.3, 0.4) is 0 Å². The third-order valence-corrected chi connectivity index (χ3v) is 5.12. The van der Waals surface area contributed by atoms with Crippen LogP contribution in [0.4, 0.5) is 0 Å². The largest absolute Gasteiger partial charge is 0.315 e. The topological polar surface area (TPSA) is 12.0 Å². The first kappa shape index (κ1) is 12.4. The fraction of sp³-hybridized carbons (Fsp3) is 0.333. The van der Waals surface area contributed by atoms with Gasteiger partial charge in [0.25, 0.3) is 0 Å². The monoisotopic (exact) mass is 321 g/mol. The molecule has 1 saturated heterocycles. The summed E-state index contributed by atoms with van der Waals surface area (Å²) in [5, 5.41) is 7.87. The van der Waals surface area contributed by atoms with Crippen molar-refractivity contribution in [2.24, 2.45) is 0 Å². The Morgan fingerprint density at radius 2 is 1.94 bits per heavy atom. The third kappa shape index (κ3) is 2.40. The van der Waals surface area contributed by atoms with E-state index in [1.165, 1.54) is 24.0 Å². The minimum atomic E-state index is 0.350. The van der Waals surface area contributed by atoms with Crippen molar-refractivity contribution in [3.05, 3.63) is 56.7 Å². The molecule has 0 amide bonds. The standard InChI is InChI=1S/C15H16BrNS/c16-14-3-1-13(2-4-14)15(10-17-11-15)7-5-12-6-8-18-9-12/h1-4,6,8-9,17H,5,7,10-11H2. The molecule has 1 fully saturated rings. The summed E-state index contributed by atoms with van der Waals surface area (Å²) in [5.41, 5.74) is 3.30. The molecule has 0 bridgehead atoms. The minimum absolute atomic E-state index is 0.350. The Hall–Kier alpha value is -0.640. The predicted molar refractivity (Wildman–Crippen MR) is 81.3 cm³/mol. The van der Waals surface area contributed by atoms with Crippen LogP contribution in [0, 0.1) is 0 Å². The maximum Gasteiger partial charge on any atom is 0.0205 e. The molecule has 2 heterocycles. The van der Waals surface area contributed by atoms with E-state index in [-0.39, 0.29) is 0 Å². The van der Waals surface area contributed by atoms with Gasteiger partial charge in [-0.15, -0.1) is 0 Å². The molecule has 3 rings (SSSR count). The highest BCUT2D eigenvalue weighted by molar-refractivity contribution is 9.10. The molecule has 1 N–H and O–H groups in total. The van der Waals surface area contributed by atoms with Crippen molar-refractivity contribution >= 4 is 27.3 Å². The Kier molecular flexibility index (Phi) is 3.55. The van der Waals surface area contributed by atoms with Crippen LogP contribution >= 0.6 is 27.3 Å². The van der Waals surface area contributed by atoms with Crippen molar-refractivity contribution in [2.45, 2.75) is 18.3 Å². The van der Waals surface area contributed by atoms with E-state index >= 15 is 0 Å². The van der Waals surface area contributed by atoms with E-state index in [2.05, 4.69) is 62.3 Å². The Balaban J connectivity index is 1.75. The fourth-order valence-electron chi connectivity index (χ4n) is 2.57. The van der Waals surface area contributed by atoms with E-state index in [0.717, 1.165) is 17.6 Å². The van der Waals surface area contributed by atoms with E-state index in [0.29, 0.717) is 5.41 Å². The summed E-state index contributed by atoms with van der Waals surface area (Å²) in [7, 11) is 0. The van der Waals surface area contributed by atoms with E-state index in [4.69, 9.17) is 0 Å². The van der Waals surface area contributed by atoms with Crippen molar-refractivity contribution < 1.29 is 0 Å². The fourth-order valence-corrected chi connectivity index (χ4v) is 3.54. The number of hydrogen-bond acceptors (Lipinski definition) is 2. The van der Waals surface area contributed by atoms with Crippen molar-refractivity contribution in [3.63, 3.8) is 0 Å². The summed E-state index contributed by atoms with van der Waals surface area (Å²) >= 11 is 5.30. The Morgan fingerprint density at radius 1 is 1.17 bits per heavy atom. The predicted octanol–water partition coefficient (Wildman–Crippen LogP) is 3.98. The van der Waals surface area contributed by atoms with Gasteiger partial charge in [0.1, 0.15) is 0 Å². The van der Waals surface area contributed by atoms with Crippen LogP contribution in [0.2, 0.25) is 0 Å². The lowest BCUT2D eigenvalue weighted by atomic mass is 9.71. The van der Waals surface area contributed by atoms with Gasteiger partial charge in [0, 0.05) is 23.0 Å². The first-order valence-corrected chi connectivity index (χ1v) is 8.00. The number of halogens is 1. The van der Waals surface area contributed by atoms with Gasteiger partial charge < -0.3 is 5.32 Å². The molecule has 2 aromatic rings. The summed E-state index contributed by atoms with van der Waals surface area (Å²) in [6, 6.07) is 11.1. The lowest BCUT2D eigenvalue weighted by Crippen LogP contribution is -2.57. The molecule has 94 valence electrons. The van der Waals surface area contributed by atoms with Crippen LogP contribution in [0.1, 0.15) is 17.5 Å².